The van der Waals surface area contributed by atoms with Gasteiger partial charge in [0.2, 0.25) is 10.0 Å². The van der Waals surface area contributed by atoms with Crippen molar-refractivity contribution in [2.45, 2.75) is 30.6 Å². The van der Waals surface area contributed by atoms with E-state index in [1.165, 1.54) is 12.6 Å². The maximum Gasteiger partial charge on any atom is 0.318 e. The van der Waals surface area contributed by atoms with Gasteiger partial charge >= 0.3 is 5.97 Å². The largest absolute Gasteiger partial charge is 0.480 e. The van der Waals surface area contributed by atoms with E-state index in [1.807, 2.05) is 6.07 Å². The fraction of sp³-hybridized carbons (Fsp3) is 0.462. The van der Waals surface area contributed by atoms with Gasteiger partial charge in [-0.25, -0.2) is 8.42 Å². The summed E-state index contributed by atoms with van der Waals surface area (Å²) in [5, 5.41) is 8.68. The smallest absolute Gasteiger partial charge is 0.318 e. The van der Waals surface area contributed by atoms with Crippen molar-refractivity contribution in [3.63, 3.8) is 0 Å². The summed E-state index contributed by atoms with van der Waals surface area (Å²) in [7, 11) is -2.43. The number of sulfonamides is 1. The van der Waals surface area contributed by atoms with Crippen molar-refractivity contribution in [2.75, 3.05) is 13.6 Å². The lowest BCUT2D eigenvalue weighted by Crippen LogP contribution is -2.32. The number of fused-ring (bicyclic) bond motifs is 1. The SMILES string of the molecule is CN(CC(=O)O)S(=O)(=O)c1ccc2c(c1)CCCC2. The highest BCUT2D eigenvalue weighted by Crippen LogP contribution is 2.25. The van der Waals surface area contributed by atoms with E-state index >= 15 is 0 Å². The first-order chi connectivity index (χ1) is 8.91. The summed E-state index contributed by atoms with van der Waals surface area (Å²) in [6, 6.07) is 5.09. The Bertz CT molecular complexity index is 595. The van der Waals surface area contributed by atoms with Crippen molar-refractivity contribution in [1.29, 1.82) is 0 Å². The molecule has 1 aliphatic rings. The molecule has 1 N–H and O–H groups in total. The summed E-state index contributed by atoms with van der Waals surface area (Å²) in [6.07, 6.45) is 4.08. The van der Waals surface area contributed by atoms with Crippen LogP contribution in [0, 0.1) is 0 Å². The van der Waals surface area contributed by atoms with Crippen LogP contribution >= 0.6 is 0 Å². The average molecular weight is 283 g/mol. The third-order valence-corrected chi connectivity index (χ3v) is 5.19. The number of hydrogen-bond donors (Lipinski definition) is 1. The number of carbonyl (C=O) groups is 1. The highest BCUT2D eigenvalue weighted by Gasteiger charge is 2.24. The van der Waals surface area contributed by atoms with Crippen LogP contribution in [0.5, 0.6) is 0 Å². The summed E-state index contributed by atoms with van der Waals surface area (Å²) in [6.45, 7) is -0.528. The molecule has 0 radical (unpaired) electrons. The molecule has 6 heteroatoms. The first-order valence-corrected chi connectivity index (χ1v) is 7.65. The van der Waals surface area contributed by atoms with Gasteiger partial charge in [0, 0.05) is 7.05 Å². The molecule has 0 atom stereocenters. The minimum absolute atomic E-state index is 0.178. The zero-order valence-corrected chi connectivity index (χ0v) is 11.6. The van der Waals surface area contributed by atoms with Gasteiger partial charge in [-0.1, -0.05) is 6.07 Å². The second-order valence-corrected chi connectivity index (χ2v) is 6.84. The third-order valence-electron chi connectivity index (χ3n) is 3.39. The van der Waals surface area contributed by atoms with Gasteiger partial charge in [0.1, 0.15) is 6.54 Å². The number of benzene rings is 1. The minimum Gasteiger partial charge on any atom is -0.480 e. The first-order valence-electron chi connectivity index (χ1n) is 6.21. The maximum atomic E-state index is 12.2. The molecule has 0 heterocycles. The summed E-state index contributed by atoms with van der Waals surface area (Å²) in [4.78, 5) is 10.8. The van der Waals surface area contributed by atoms with Crippen LogP contribution in [0.3, 0.4) is 0 Å². The lowest BCUT2D eigenvalue weighted by molar-refractivity contribution is -0.137. The Labute approximate surface area is 112 Å². The van der Waals surface area contributed by atoms with Crippen LogP contribution in [0.1, 0.15) is 24.0 Å². The van der Waals surface area contributed by atoms with Gasteiger partial charge in [-0.3, -0.25) is 4.79 Å². The highest BCUT2D eigenvalue weighted by atomic mass is 32.2. The quantitative estimate of drug-likeness (QED) is 0.903. The molecule has 1 aliphatic carbocycles. The van der Waals surface area contributed by atoms with E-state index in [4.69, 9.17) is 5.11 Å². The molecule has 104 valence electrons. The van der Waals surface area contributed by atoms with E-state index in [0.717, 1.165) is 35.6 Å². The van der Waals surface area contributed by atoms with Crippen molar-refractivity contribution in [1.82, 2.24) is 4.31 Å². The summed E-state index contributed by atoms with van der Waals surface area (Å²) in [5.74, 6) is -1.16. The normalized spacial score (nSPS) is 15.3. The number of carboxylic acids is 1. The van der Waals surface area contributed by atoms with Gasteiger partial charge in [-0.2, -0.15) is 4.31 Å². The van der Waals surface area contributed by atoms with Gasteiger partial charge in [0.25, 0.3) is 0 Å². The molecule has 0 unspecified atom stereocenters. The topological polar surface area (TPSA) is 74.7 Å². The van der Waals surface area contributed by atoms with Gasteiger partial charge in [0.05, 0.1) is 4.90 Å². The second-order valence-electron chi connectivity index (χ2n) is 4.79. The van der Waals surface area contributed by atoms with Crippen LogP contribution in [-0.2, 0) is 27.7 Å². The van der Waals surface area contributed by atoms with E-state index in [1.54, 1.807) is 12.1 Å². The Hall–Kier alpha value is -1.40. The van der Waals surface area contributed by atoms with Crippen LogP contribution in [0.4, 0.5) is 0 Å². The second kappa shape index (κ2) is 5.30. The van der Waals surface area contributed by atoms with E-state index < -0.39 is 22.5 Å². The number of hydrogen-bond acceptors (Lipinski definition) is 3. The van der Waals surface area contributed by atoms with Gasteiger partial charge in [0.15, 0.2) is 0 Å². The molecule has 2 rings (SSSR count). The van der Waals surface area contributed by atoms with Crippen LogP contribution in [-0.4, -0.2) is 37.4 Å². The molecule has 0 saturated carbocycles. The molecule has 5 nitrogen and oxygen atoms in total. The molecule has 0 bridgehead atoms. The molecule has 0 aromatic heterocycles. The monoisotopic (exact) mass is 283 g/mol. The molecule has 1 aromatic rings. The summed E-state index contributed by atoms with van der Waals surface area (Å²) >= 11 is 0. The van der Waals surface area contributed by atoms with Gasteiger partial charge in [-0.15, -0.1) is 0 Å². The average Bonchev–Trinajstić information content (AvgIpc) is 2.37. The Morgan fingerprint density at radius 1 is 1.26 bits per heavy atom. The lowest BCUT2D eigenvalue weighted by Gasteiger charge is -2.19. The molecule has 0 amide bonds. The fourth-order valence-corrected chi connectivity index (χ4v) is 3.50. The number of carboxylic acid groups (broad SMARTS) is 1. The molecule has 1 aromatic carbocycles. The Morgan fingerprint density at radius 2 is 1.89 bits per heavy atom. The molecular weight excluding hydrogens is 266 g/mol. The lowest BCUT2D eigenvalue weighted by atomic mass is 9.92. The molecule has 0 fully saturated rings. The number of nitrogens with zero attached hydrogens (tertiary/aromatic N) is 1. The van der Waals surface area contributed by atoms with Crippen molar-refractivity contribution in [3.05, 3.63) is 29.3 Å². The van der Waals surface area contributed by atoms with E-state index in [-0.39, 0.29) is 4.90 Å². The third kappa shape index (κ3) is 2.96. The van der Waals surface area contributed by atoms with Crippen molar-refractivity contribution < 1.29 is 18.3 Å². The van der Waals surface area contributed by atoms with Crippen molar-refractivity contribution in [2.24, 2.45) is 0 Å². The Balaban J connectivity index is 2.33. The van der Waals surface area contributed by atoms with Crippen LogP contribution < -0.4 is 0 Å². The molecule has 0 aliphatic heterocycles. The van der Waals surface area contributed by atoms with Crippen LogP contribution in [0.2, 0.25) is 0 Å². The molecular formula is C13H17NO4S. The number of rotatable bonds is 4. The highest BCUT2D eigenvalue weighted by molar-refractivity contribution is 7.89. The first kappa shape index (κ1) is 14.0. The fourth-order valence-electron chi connectivity index (χ4n) is 2.33. The molecule has 0 spiro atoms. The zero-order valence-electron chi connectivity index (χ0n) is 10.8. The van der Waals surface area contributed by atoms with Gasteiger partial charge < -0.3 is 5.11 Å². The summed E-state index contributed by atoms with van der Waals surface area (Å²) in [5.41, 5.74) is 2.27. The number of likely N-dealkylation sites (N-methyl/N-ethyl adjacent to an activating group) is 1. The molecule has 19 heavy (non-hydrogen) atoms. The predicted octanol–water partition coefficient (Wildman–Crippen LogP) is 1.27. The predicted molar refractivity (Wildman–Crippen MR) is 70.5 cm³/mol. The van der Waals surface area contributed by atoms with E-state index in [2.05, 4.69) is 0 Å². The zero-order chi connectivity index (χ0) is 14.0. The van der Waals surface area contributed by atoms with Crippen molar-refractivity contribution in [3.8, 4) is 0 Å². The standard InChI is InChI=1S/C13H17NO4S/c1-14(9-13(15)16)19(17,18)12-7-6-10-4-2-3-5-11(10)8-12/h6-8H,2-5,9H2,1H3,(H,15,16). The number of aliphatic carboxylic acids is 1. The van der Waals surface area contributed by atoms with E-state index in [9.17, 15) is 13.2 Å². The van der Waals surface area contributed by atoms with Crippen molar-refractivity contribution >= 4 is 16.0 Å². The Morgan fingerprint density at radius 3 is 2.53 bits per heavy atom. The van der Waals surface area contributed by atoms with E-state index in [0.29, 0.717) is 0 Å². The van der Waals surface area contributed by atoms with Gasteiger partial charge in [-0.05, 0) is 48.9 Å². The minimum atomic E-state index is -3.72. The Kier molecular flexibility index (Phi) is 3.91. The van der Waals surface area contributed by atoms with Crippen LogP contribution in [0.15, 0.2) is 23.1 Å². The molecule has 0 saturated heterocycles. The van der Waals surface area contributed by atoms with Crippen LogP contribution in [0.25, 0.3) is 0 Å². The maximum absolute atomic E-state index is 12.2. The number of aryl methyl sites for hydroxylation is 2. The summed E-state index contributed by atoms with van der Waals surface area (Å²) < 4.78 is 25.3.